The number of hydrogen-bond acceptors (Lipinski definition) is 7. The second kappa shape index (κ2) is 7.61. The molecule has 0 N–H and O–H groups in total. The molecule has 2 heterocycles. The third-order valence-electron chi connectivity index (χ3n) is 5.04. The molecule has 0 unspecified atom stereocenters. The van der Waals surface area contributed by atoms with Crippen molar-refractivity contribution in [2.45, 2.75) is 68.4 Å². The first-order chi connectivity index (χ1) is 11.9. The Morgan fingerprint density at radius 2 is 2.08 bits per heavy atom. The van der Waals surface area contributed by atoms with Gasteiger partial charge in [-0.05, 0) is 43.5 Å². The van der Waals surface area contributed by atoms with Crippen molar-refractivity contribution in [3.8, 4) is 0 Å². The Kier molecular flexibility index (Phi) is 5.67. The number of aromatic nitrogens is 4. The summed E-state index contributed by atoms with van der Waals surface area (Å²) in [5.74, 6) is 0.197. The summed E-state index contributed by atoms with van der Waals surface area (Å²) in [4.78, 5) is 14.6. The lowest BCUT2D eigenvalue weighted by Crippen LogP contribution is -2.44. The van der Waals surface area contributed by atoms with Gasteiger partial charge in [-0.15, -0.1) is 5.10 Å². The number of carbonyl (C=O) groups excluding carboxylic acids is 1. The molecule has 1 aromatic heterocycles. The maximum atomic E-state index is 12.9. The predicted molar refractivity (Wildman–Crippen MR) is 95.1 cm³/mol. The number of amides is 1. The minimum absolute atomic E-state index is 0.0458. The molecule has 3 rings (SSSR count). The Balaban J connectivity index is 1.67. The molecule has 2 aliphatic rings. The smallest absolute Gasteiger partial charge is 0.236 e. The topological polar surface area (TPSA) is 98.1 Å². The summed E-state index contributed by atoms with van der Waals surface area (Å²) >= 11 is 1.36. The van der Waals surface area contributed by atoms with Gasteiger partial charge in [-0.3, -0.25) is 4.79 Å². The standard InChI is InChI=1S/C15H25N5O3S2/c1-3-19(13-8-9-25(22,23)10-13)14(21)11(2)24-15-16-17-18-20(15)12-6-4-5-7-12/h11-13H,3-10H2,1-2H3/t11-,13+/m0/s1. The molecule has 8 nitrogen and oxygen atoms in total. The molecule has 1 amide bonds. The van der Waals surface area contributed by atoms with E-state index in [1.54, 1.807) is 4.90 Å². The van der Waals surface area contributed by atoms with E-state index >= 15 is 0 Å². The molecule has 2 fully saturated rings. The molecule has 0 spiro atoms. The lowest BCUT2D eigenvalue weighted by Gasteiger charge is -2.29. The van der Waals surface area contributed by atoms with Crippen LogP contribution in [0.1, 0.15) is 52.0 Å². The summed E-state index contributed by atoms with van der Waals surface area (Å²) in [5.41, 5.74) is 0. The molecule has 0 bridgehead atoms. The van der Waals surface area contributed by atoms with Crippen LogP contribution < -0.4 is 0 Å². The summed E-state index contributed by atoms with van der Waals surface area (Å²) in [7, 11) is -3.01. The van der Waals surface area contributed by atoms with Crippen LogP contribution in [0.4, 0.5) is 0 Å². The molecule has 1 aliphatic carbocycles. The molecule has 10 heteroatoms. The van der Waals surface area contributed by atoms with Crippen molar-refractivity contribution in [2.24, 2.45) is 0 Å². The van der Waals surface area contributed by atoms with Gasteiger partial charge in [0.25, 0.3) is 0 Å². The van der Waals surface area contributed by atoms with E-state index in [4.69, 9.17) is 0 Å². The Morgan fingerprint density at radius 3 is 2.68 bits per heavy atom. The van der Waals surface area contributed by atoms with Gasteiger partial charge >= 0.3 is 0 Å². The molecule has 2 atom stereocenters. The number of carbonyl (C=O) groups is 1. The summed E-state index contributed by atoms with van der Waals surface area (Å²) < 4.78 is 25.3. The number of tetrazole rings is 1. The van der Waals surface area contributed by atoms with Gasteiger partial charge < -0.3 is 4.90 Å². The van der Waals surface area contributed by atoms with Gasteiger partial charge in [-0.1, -0.05) is 24.6 Å². The summed E-state index contributed by atoms with van der Waals surface area (Å²) in [6, 6.07) is 0.110. The fourth-order valence-corrected chi connectivity index (χ4v) is 6.36. The predicted octanol–water partition coefficient (Wildman–Crippen LogP) is 1.30. The van der Waals surface area contributed by atoms with Gasteiger partial charge in [0.1, 0.15) is 0 Å². The molecule has 140 valence electrons. The van der Waals surface area contributed by atoms with Crippen LogP contribution in [0.15, 0.2) is 5.16 Å². The number of thioether (sulfide) groups is 1. The highest BCUT2D eigenvalue weighted by atomic mass is 32.2. The Bertz CT molecular complexity index is 715. The van der Waals surface area contributed by atoms with E-state index in [9.17, 15) is 13.2 Å². The molecular weight excluding hydrogens is 362 g/mol. The number of nitrogens with zero attached hydrogens (tertiary/aromatic N) is 5. The third-order valence-corrected chi connectivity index (χ3v) is 7.82. The van der Waals surface area contributed by atoms with Crippen LogP contribution in [0.25, 0.3) is 0 Å². The molecule has 0 radical (unpaired) electrons. The second-order valence-corrected chi connectivity index (χ2v) is 10.3. The van der Waals surface area contributed by atoms with Crippen molar-refractivity contribution in [3.05, 3.63) is 0 Å². The van der Waals surface area contributed by atoms with Crippen molar-refractivity contribution in [3.63, 3.8) is 0 Å². The van der Waals surface area contributed by atoms with Crippen LogP contribution in [0, 0.1) is 0 Å². The fraction of sp³-hybridized carbons (Fsp3) is 0.867. The summed E-state index contributed by atoms with van der Waals surface area (Å²) in [6.07, 6.45) is 5.04. The molecule has 1 aromatic rings. The van der Waals surface area contributed by atoms with Gasteiger partial charge in [0.15, 0.2) is 9.84 Å². The molecule has 1 saturated heterocycles. The first kappa shape index (κ1) is 18.6. The average Bonchev–Trinajstić information content (AvgIpc) is 3.28. The SMILES string of the molecule is CCN(C(=O)[C@H](C)Sc1nnnn1C1CCCC1)[C@@H]1CCS(=O)(=O)C1. The van der Waals surface area contributed by atoms with E-state index in [1.807, 2.05) is 18.5 Å². The van der Waals surface area contributed by atoms with Gasteiger partial charge in [-0.2, -0.15) is 0 Å². The zero-order chi connectivity index (χ0) is 18.0. The highest BCUT2D eigenvalue weighted by Gasteiger charge is 2.36. The minimum Gasteiger partial charge on any atom is -0.338 e. The van der Waals surface area contributed by atoms with Crippen LogP contribution in [0.2, 0.25) is 0 Å². The average molecular weight is 388 g/mol. The lowest BCUT2D eigenvalue weighted by molar-refractivity contribution is -0.131. The van der Waals surface area contributed by atoms with Crippen LogP contribution in [-0.4, -0.2) is 68.8 Å². The van der Waals surface area contributed by atoms with Crippen LogP contribution in [-0.2, 0) is 14.6 Å². The van der Waals surface area contributed by atoms with E-state index < -0.39 is 9.84 Å². The molecular formula is C15H25N5O3S2. The zero-order valence-corrected chi connectivity index (χ0v) is 16.3. The molecule has 25 heavy (non-hydrogen) atoms. The molecule has 0 aromatic carbocycles. The summed E-state index contributed by atoms with van der Waals surface area (Å²) in [5, 5.41) is 12.3. The molecule has 1 saturated carbocycles. The van der Waals surface area contributed by atoms with E-state index in [-0.39, 0.29) is 28.7 Å². The van der Waals surface area contributed by atoms with E-state index in [0.29, 0.717) is 24.2 Å². The van der Waals surface area contributed by atoms with Crippen molar-refractivity contribution < 1.29 is 13.2 Å². The second-order valence-electron chi connectivity index (χ2n) is 6.79. The van der Waals surface area contributed by atoms with Crippen molar-refractivity contribution in [1.82, 2.24) is 25.1 Å². The van der Waals surface area contributed by atoms with E-state index in [2.05, 4.69) is 15.5 Å². The van der Waals surface area contributed by atoms with E-state index in [0.717, 1.165) is 12.8 Å². The highest BCUT2D eigenvalue weighted by molar-refractivity contribution is 8.00. The van der Waals surface area contributed by atoms with Gasteiger partial charge in [0.2, 0.25) is 11.1 Å². The van der Waals surface area contributed by atoms with Crippen LogP contribution in [0.3, 0.4) is 0 Å². The van der Waals surface area contributed by atoms with Gasteiger partial charge in [0, 0.05) is 12.6 Å². The number of sulfone groups is 1. The first-order valence-corrected chi connectivity index (χ1v) is 11.6. The highest BCUT2D eigenvalue weighted by Crippen LogP contribution is 2.33. The van der Waals surface area contributed by atoms with Crippen molar-refractivity contribution >= 4 is 27.5 Å². The number of hydrogen-bond donors (Lipinski definition) is 0. The largest absolute Gasteiger partial charge is 0.338 e. The third kappa shape index (κ3) is 4.16. The quantitative estimate of drug-likeness (QED) is 0.679. The number of rotatable bonds is 6. The Labute approximate surface area is 152 Å². The lowest BCUT2D eigenvalue weighted by atomic mass is 10.2. The van der Waals surface area contributed by atoms with E-state index in [1.165, 1.54) is 24.6 Å². The Hall–Kier alpha value is -1.16. The fourth-order valence-electron chi connectivity index (χ4n) is 3.70. The maximum Gasteiger partial charge on any atom is 0.236 e. The maximum absolute atomic E-state index is 12.9. The molecule has 1 aliphatic heterocycles. The monoisotopic (exact) mass is 387 g/mol. The van der Waals surface area contributed by atoms with Gasteiger partial charge in [0.05, 0.1) is 22.8 Å². The van der Waals surface area contributed by atoms with Crippen molar-refractivity contribution in [2.75, 3.05) is 18.1 Å². The normalized spacial score (nSPS) is 24.5. The Morgan fingerprint density at radius 1 is 1.36 bits per heavy atom. The zero-order valence-electron chi connectivity index (χ0n) is 14.7. The minimum atomic E-state index is -3.01. The van der Waals surface area contributed by atoms with Crippen LogP contribution >= 0.6 is 11.8 Å². The first-order valence-electron chi connectivity index (χ1n) is 8.86. The van der Waals surface area contributed by atoms with Crippen LogP contribution in [0.5, 0.6) is 0 Å². The van der Waals surface area contributed by atoms with Gasteiger partial charge in [-0.25, -0.2) is 13.1 Å². The van der Waals surface area contributed by atoms with Crippen molar-refractivity contribution in [1.29, 1.82) is 0 Å². The summed E-state index contributed by atoms with van der Waals surface area (Å²) in [6.45, 7) is 4.24.